The average molecular weight is 416 g/mol. The number of hydrogen-bond acceptors (Lipinski definition) is 6. The van der Waals surface area contributed by atoms with Crippen molar-refractivity contribution in [1.82, 2.24) is 10.1 Å². The lowest BCUT2D eigenvalue weighted by molar-refractivity contribution is -0.122. The molecule has 1 atom stereocenters. The normalized spacial score (nSPS) is 15.9. The third-order valence-electron chi connectivity index (χ3n) is 4.80. The lowest BCUT2D eigenvalue weighted by atomic mass is 10.1. The first-order valence-electron chi connectivity index (χ1n) is 9.50. The number of morpholine rings is 1. The molecule has 0 aliphatic carbocycles. The number of carbonyl (C=O) groups is 1. The molecule has 7 nitrogen and oxygen atoms in total. The summed E-state index contributed by atoms with van der Waals surface area (Å²) in [5, 5.41) is 8.43. The van der Waals surface area contributed by atoms with E-state index in [1.54, 1.807) is 31.2 Å². The fourth-order valence-corrected chi connectivity index (χ4v) is 3.36. The zero-order valence-corrected chi connectivity index (χ0v) is 16.8. The predicted molar refractivity (Wildman–Crippen MR) is 110 cm³/mol. The maximum atomic E-state index is 12.6. The molecule has 4 rings (SSSR count). The highest BCUT2D eigenvalue weighted by molar-refractivity contribution is 6.32. The minimum Gasteiger partial charge on any atom is -0.479 e. The number of para-hydroxylation sites is 1. The van der Waals surface area contributed by atoms with Gasteiger partial charge in [-0.2, -0.15) is 0 Å². The molecule has 3 aromatic rings. The van der Waals surface area contributed by atoms with Crippen LogP contribution in [0.4, 0.5) is 5.69 Å². The van der Waals surface area contributed by atoms with Crippen molar-refractivity contribution in [3.63, 3.8) is 0 Å². The maximum absolute atomic E-state index is 12.6. The van der Waals surface area contributed by atoms with E-state index in [-0.39, 0.29) is 5.91 Å². The van der Waals surface area contributed by atoms with Gasteiger partial charge in [0.15, 0.2) is 11.7 Å². The molecule has 0 spiro atoms. The van der Waals surface area contributed by atoms with E-state index in [9.17, 15) is 4.79 Å². The summed E-state index contributed by atoms with van der Waals surface area (Å²) in [5.74, 6) is 0.203. The molecule has 0 radical (unpaired) electrons. The Labute approximate surface area is 173 Å². The van der Waals surface area contributed by atoms with Crippen LogP contribution in [0.1, 0.15) is 12.6 Å². The van der Waals surface area contributed by atoms with E-state index in [2.05, 4.69) is 15.4 Å². The standard InChI is InChI=1S/C21H22ClN3O4/c1-14(28-20-5-3-2-4-17(20)22)21(26)23-15-6-7-19-16(12-15)18(24-29-19)13-25-8-10-27-11-9-25/h2-7,12,14H,8-11,13H2,1H3,(H,23,26). The Morgan fingerprint density at radius 1 is 1.28 bits per heavy atom. The molecule has 1 saturated heterocycles. The van der Waals surface area contributed by atoms with Crippen molar-refractivity contribution < 1.29 is 18.8 Å². The molecule has 0 bridgehead atoms. The Bertz CT molecular complexity index is 1000. The van der Waals surface area contributed by atoms with Crippen LogP contribution >= 0.6 is 11.6 Å². The lowest BCUT2D eigenvalue weighted by Crippen LogP contribution is -2.35. The van der Waals surface area contributed by atoms with Gasteiger partial charge < -0.3 is 19.3 Å². The molecule has 1 fully saturated rings. The van der Waals surface area contributed by atoms with Gasteiger partial charge in [0.2, 0.25) is 0 Å². The summed E-state index contributed by atoms with van der Waals surface area (Å²) in [6.07, 6.45) is -0.708. The van der Waals surface area contributed by atoms with Crippen LogP contribution in [0, 0.1) is 0 Å². The second-order valence-corrected chi connectivity index (χ2v) is 7.32. The highest BCUT2D eigenvalue weighted by Crippen LogP contribution is 2.26. The molecule has 29 heavy (non-hydrogen) atoms. The predicted octanol–water partition coefficient (Wildman–Crippen LogP) is 3.72. The number of nitrogens with one attached hydrogen (secondary N) is 1. The molecular weight excluding hydrogens is 394 g/mol. The van der Waals surface area contributed by atoms with Crippen molar-refractivity contribution in [3.05, 3.63) is 53.2 Å². The van der Waals surface area contributed by atoms with Crippen LogP contribution in [0.15, 0.2) is 47.0 Å². The first-order valence-corrected chi connectivity index (χ1v) is 9.88. The number of fused-ring (bicyclic) bond motifs is 1. The maximum Gasteiger partial charge on any atom is 0.265 e. The molecule has 0 saturated carbocycles. The Hall–Kier alpha value is -2.61. The summed E-state index contributed by atoms with van der Waals surface area (Å²) in [4.78, 5) is 14.8. The second-order valence-electron chi connectivity index (χ2n) is 6.91. The van der Waals surface area contributed by atoms with Gasteiger partial charge in [-0.05, 0) is 37.3 Å². The zero-order chi connectivity index (χ0) is 20.2. The third-order valence-corrected chi connectivity index (χ3v) is 5.11. The van der Waals surface area contributed by atoms with E-state index in [1.807, 2.05) is 18.2 Å². The van der Waals surface area contributed by atoms with Crippen molar-refractivity contribution in [2.75, 3.05) is 31.6 Å². The molecule has 152 valence electrons. The lowest BCUT2D eigenvalue weighted by Gasteiger charge is -2.25. The largest absolute Gasteiger partial charge is 0.479 e. The highest BCUT2D eigenvalue weighted by Gasteiger charge is 2.19. The summed E-state index contributed by atoms with van der Waals surface area (Å²) in [6.45, 7) is 5.53. The van der Waals surface area contributed by atoms with E-state index in [4.69, 9.17) is 25.6 Å². The molecule has 2 heterocycles. The fourth-order valence-electron chi connectivity index (χ4n) is 3.18. The number of benzene rings is 2. The van der Waals surface area contributed by atoms with Crippen LogP contribution in [0.2, 0.25) is 5.02 Å². The monoisotopic (exact) mass is 415 g/mol. The first-order chi connectivity index (χ1) is 14.1. The quantitative estimate of drug-likeness (QED) is 0.661. The van der Waals surface area contributed by atoms with Gasteiger partial charge >= 0.3 is 0 Å². The van der Waals surface area contributed by atoms with Gasteiger partial charge in [-0.15, -0.1) is 0 Å². The van der Waals surface area contributed by atoms with Crippen LogP contribution < -0.4 is 10.1 Å². The average Bonchev–Trinajstić information content (AvgIpc) is 3.12. The van der Waals surface area contributed by atoms with E-state index in [0.29, 0.717) is 28.6 Å². The van der Waals surface area contributed by atoms with Gasteiger partial charge in [0.25, 0.3) is 5.91 Å². The molecule has 2 aromatic carbocycles. The van der Waals surface area contributed by atoms with E-state index >= 15 is 0 Å². The van der Waals surface area contributed by atoms with Crippen molar-refractivity contribution in [2.24, 2.45) is 0 Å². The summed E-state index contributed by atoms with van der Waals surface area (Å²) >= 11 is 6.10. The number of ether oxygens (including phenoxy) is 2. The van der Waals surface area contributed by atoms with E-state index < -0.39 is 6.10 Å². The number of halogens is 1. The summed E-state index contributed by atoms with van der Waals surface area (Å²) in [7, 11) is 0. The Morgan fingerprint density at radius 2 is 2.07 bits per heavy atom. The number of carbonyl (C=O) groups excluding carboxylic acids is 1. The molecular formula is C21H22ClN3O4. The first kappa shape index (κ1) is 19.7. The molecule has 1 amide bonds. The number of aromatic nitrogens is 1. The van der Waals surface area contributed by atoms with Crippen LogP contribution in [0.3, 0.4) is 0 Å². The minimum atomic E-state index is -0.708. The van der Waals surface area contributed by atoms with Gasteiger partial charge in [-0.25, -0.2) is 0 Å². The van der Waals surface area contributed by atoms with Crippen LogP contribution in [-0.2, 0) is 16.1 Å². The Morgan fingerprint density at radius 3 is 2.86 bits per heavy atom. The minimum absolute atomic E-state index is 0.268. The van der Waals surface area contributed by atoms with Crippen molar-refractivity contribution in [2.45, 2.75) is 19.6 Å². The van der Waals surface area contributed by atoms with Gasteiger partial charge in [-0.3, -0.25) is 9.69 Å². The second kappa shape index (κ2) is 8.82. The molecule has 1 N–H and O–H groups in total. The molecule has 1 aliphatic rings. The van der Waals surface area contributed by atoms with Gasteiger partial charge in [0.05, 0.1) is 18.2 Å². The van der Waals surface area contributed by atoms with Crippen molar-refractivity contribution in [1.29, 1.82) is 0 Å². The Kier molecular flexibility index (Phi) is 5.99. The summed E-state index contributed by atoms with van der Waals surface area (Å²) in [5.41, 5.74) is 2.19. The SMILES string of the molecule is CC(Oc1ccccc1Cl)C(=O)Nc1ccc2onc(CN3CCOCC3)c2c1. The number of nitrogens with zero attached hydrogens (tertiary/aromatic N) is 2. The number of hydrogen-bond donors (Lipinski definition) is 1. The molecule has 1 aliphatic heterocycles. The van der Waals surface area contributed by atoms with Gasteiger partial charge in [-0.1, -0.05) is 28.9 Å². The van der Waals surface area contributed by atoms with Crippen molar-refractivity contribution >= 4 is 34.2 Å². The van der Waals surface area contributed by atoms with Gasteiger partial charge in [0.1, 0.15) is 11.4 Å². The van der Waals surface area contributed by atoms with Gasteiger partial charge in [0, 0.05) is 30.7 Å². The molecule has 1 aromatic heterocycles. The Balaban J connectivity index is 1.45. The van der Waals surface area contributed by atoms with Crippen LogP contribution in [0.5, 0.6) is 5.75 Å². The summed E-state index contributed by atoms with van der Waals surface area (Å²) in [6, 6.07) is 12.5. The van der Waals surface area contributed by atoms with E-state index in [1.165, 1.54) is 0 Å². The third kappa shape index (κ3) is 4.70. The van der Waals surface area contributed by atoms with Crippen LogP contribution in [-0.4, -0.2) is 48.4 Å². The fraction of sp³-hybridized carbons (Fsp3) is 0.333. The topological polar surface area (TPSA) is 76.8 Å². The zero-order valence-electron chi connectivity index (χ0n) is 16.1. The summed E-state index contributed by atoms with van der Waals surface area (Å²) < 4.78 is 16.5. The van der Waals surface area contributed by atoms with Crippen LogP contribution in [0.25, 0.3) is 11.0 Å². The highest BCUT2D eigenvalue weighted by atomic mass is 35.5. The number of rotatable bonds is 6. The van der Waals surface area contributed by atoms with Crippen molar-refractivity contribution in [3.8, 4) is 5.75 Å². The number of anilines is 1. The number of amides is 1. The molecule has 1 unspecified atom stereocenters. The van der Waals surface area contributed by atoms with E-state index in [0.717, 1.165) is 37.4 Å². The molecule has 8 heteroatoms. The smallest absolute Gasteiger partial charge is 0.265 e.